The number of aliphatic imine (C=N–C) groups is 1. The third-order valence-electron chi connectivity index (χ3n) is 4.05. The zero-order chi connectivity index (χ0) is 17.4. The maximum atomic E-state index is 12.4. The molecule has 2 aromatic rings. The Hall–Kier alpha value is -3.10. The predicted octanol–water partition coefficient (Wildman–Crippen LogP) is 2.76. The van der Waals surface area contributed by atoms with Crippen LogP contribution in [0.3, 0.4) is 0 Å². The zero-order valence-corrected chi connectivity index (χ0v) is 13.0. The molecule has 1 amide bonds. The monoisotopic (exact) mass is 339 g/mol. The van der Waals surface area contributed by atoms with Crippen LogP contribution in [0.15, 0.2) is 47.5 Å². The summed E-state index contributed by atoms with van der Waals surface area (Å²) in [5.74, 6) is -1.60. The van der Waals surface area contributed by atoms with Crippen LogP contribution in [0.2, 0.25) is 0 Å². The summed E-state index contributed by atoms with van der Waals surface area (Å²) in [6, 6.07) is 11.2. The summed E-state index contributed by atoms with van der Waals surface area (Å²) in [6.07, 6.45) is 1.46. The number of nitrogens with one attached hydrogen (secondary N) is 1. The van der Waals surface area contributed by atoms with Gasteiger partial charge < -0.3 is 14.8 Å². The number of amides is 1. The molecule has 4 rings (SSSR count). The highest BCUT2D eigenvalue weighted by molar-refractivity contribution is 6.07. The lowest BCUT2D eigenvalue weighted by Gasteiger charge is -2.20. The molecule has 1 spiro atoms. The standard InChI is InChI=1S/C17H13N3O5/c21-16(11-4-2-1-3-5-11)19-14-9-12(20(22)23)8-13-15(14)18-10-17(13)24-6-7-25-17/h1-5,8-10H,6-7H2,(H,19,21). The fourth-order valence-corrected chi connectivity index (χ4v) is 2.89. The molecule has 8 heteroatoms. The summed E-state index contributed by atoms with van der Waals surface area (Å²) in [5, 5.41) is 14.0. The Labute approximate surface area is 142 Å². The van der Waals surface area contributed by atoms with Crippen LogP contribution >= 0.6 is 0 Å². The first kappa shape index (κ1) is 15.4. The normalized spacial score (nSPS) is 16.8. The minimum Gasteiger partial charge on any atom is -0.339 e. The molecule has 2 aliphatic heterocycles. The third kappa shape index (κ3) is 2.57. The van der Waals surface area contributed by atoms with E-state index in [1.165, 1.54) is 18.3 Å². The van der Waals surface area contributed by atoms with Crippen molar-refractivity contribution in [3.8, 4) is 0 Å². The molecule has 2 heterocycles. The number of fused-ring (bicyclic) bond motifs is 2. The number of hydrogen-bond acceptors (Lipinski definition) is 6. The lowest BCUT2D eigenvalue weighted by Crippen LogP contribution is -2.26. The molecule has 0 radical (unpaired) electrons. The highest BCUT2D eigenvalue weighted by Gasteiger charge is 2.44. The van der Waals surface area contributed by atoms with E-state index in [4.69, 9.17) is 9.47 Å². The van der Waals surface area contributed by atoms with E-state index in [0.29, 0.717) is 30.0 Å². The lowest BCUT2D eigenvalue weighted by atomic mass is 10.0. The predicted molar refractivity (Wildman–Crippen MR) is 89.2 cm³/mol. The molecule has 8 nitrogen and oxygen atoms in total. The van der Waals surface area contributed by atoms with E-state index in [-0.39, 0.29) is 17.3 Å². The first-order valence-electron chi connectivity index (χ1n) is 7.61. The van der Waals surface area contributed by atoms with E-state index >= 15 is 0 Å². The fourth-order valence-electron chi connectivity index (χ4n) is 2.89. The SMILES string of the molecule is O=C(Nc1cc([N+](=O)[O-])cc2c1N=CC21OCCO1)c1ccccc1. The van der Waals surface area contributed by atoms with Gasteiger partial charge in [-0.2, -0.15) is 0 Å². The van der Waals surface area contributed by atoms with Gasteiger partial charge in [-0.3, -0.25) is 19.9 Å². The molecule has 126 valence electrons. The van der Waals surface area contributed by atoms with E-state index in [0.717, 1.165) is 0 Å². The third-order valence-corrected chi connectivity index (χ3v) is 4.05. The van der Waals surface area contributed by atoms with E-state index in [1.54, 1.807) is 30.3 Å². The number of hydrogen-bond donors (Lipinski definition) is 1. The van der Waals surface area contributed by atoms with E-state index < -0.39 is 10.7 Å². The van der Waals surface area contributed by atoms with Gasteiger partial charge in [0.25, 0.3) is 11.6 Å². The second-order valence-electron chi connectivity index (χ2n) is 5.59. The van der Waals surface area contributed by atoms with Gasteiger partial charge in [0.05, 0.1) is 41.3 Å². The van der Waals surface area contributed by atoms with Gasteiger partial charge in [0.15, 0.2) is 0 Å². The number of nitrogens with zero attached hydrogens (tertiary/aromatic N) is 2. The van der Waals surface area contributed by atoms with Crippen molar-refractivity contribution in [2.45, 2.75) is 5.79 Å². The van der Waals surface area contributed by atoms with Crippen LogP contribution in [0.4, 0.5) is 17.1 Å². The van der Waals surface area contributed by atoms with Gasteiger partial charge in [-0.05, 0) is 12.1 Å². The number of nitro benzene ring substituents is 1. The minimum atomic E-state index is -1.21. The average Bonchev–Trinajstić information content (AvgIpc) is 3.24. The maximum absolute atomic E-state index is 12.4. The smallest absolute Gasteiger partial charge is 0.272 e. The molecule has 0 atom stereocenters. The largest absolute Gasteiger partial charge is 0.339 e. The van der Waals surface area contributed by atoms with Gasteiger partial charge in [-0.15, -0.1) is 0 Å². The molecule has 0 unspecified atom stereocenters. The van der Waals surface area contributed by atoms with Crippen LogP contribution in [-0.4, -0.2) is 30.3 Å². The van der Waals surface area contributed by atoms with Gasteiger partial charge in [0.1, 0.15) is 0 Å². The number of carbonyl (C=O) groups is 1. The van der Waals surface area contributed by atoms with Crippen LogP contribution in [0, 0.1) is 10.1 Å². The minimum absolute atomic E-state index is 0.175. The quantitative estimate of drug-likeness (QED) is 0.684. The van der Waals surface area contributed by atoms with Crippen molar-refractivity contribution in [3.63, 3.8) is 0 Å². The number of nitro groups is 1. The molecular formula is C17H13N3O5. The second kappa shape index (κ2) is 5.76. The van der Waals surface area contributed by atoms with Crippen LogP contribution in [-0.2, 0) is 15.3 Å². The molecule has 25 heavy (non-hydrogen) atoms. The van der Waals surface area contributed by atoms with Crippen molar-refractivity contribution in [1.82, 2.24) is 0 Å². The molecule has 2 aliphatic rings. The molecule has 1 saturated heterocycles. The maximum Gasteiger partial charge on any atom is 0.272 e. The Bertz CT molecular complexity index is 889. The first-order valence-corrected chi connectivity index (χ1v) is 7.61. The Morgan fingerprint density at radius 2 is 1.92 bits per heavy atom. The lowest BCUT2D eigenvalue weighted by molar-refractivity contribution is -0.385. The summed E-state index contributed by atoms with van der Waals surface area (Å²) < 4.78 is 11.2. The number of benzene rings is 2. The Balaban J connectivity index is 1.77. The molecular weight excluding hydrogens is 326 g/mol. The number of carbonyl (C=O) groups excluding carboxylic acids is 1. The Morgan fingerprint density at radius 1 is 1.20 bits per heavy atom. The average molecular weight is 339 g/mol. The van der Waals surface area contributed by atoms with Crippen molar-refractivity contribution in [2.24, 2.45) is 4.99 Å². The van der Waals surface area contributed by atoms with Crippen molar-refractivity contribution in [2.75, 3.05) is 18.5 Å². The van der Waals surface area contributed by atoms with E-state index in [9.17, 15) is 14.9 Å². The van der Waals surface area contributed by atoms with Gasteiger partial charge in [-0.1, -0.05) is 18.2 Å². The van der Waals surface area contributed by atoms with Crippen LogP contribution < -0.4 is 5.32 Å². The summed E-state index contributed by atoms with van der Waals surface area (Å²) in [7, 11) is 0. The van der Waals surface area contributed by atoms with Crippen LogP contribution in [0.25, 0.3) is 0 Å². The zero-order valence-electron chi connectivity index (χ0n) is 13.0. The van der Waals surface area contributed by atoms with Crippen molar-refractivity contribution in [1.29, 1.82) is 0 Å². The highest BCUT2D eigenvalue weighted by atomic mass is 16.7. The van der Waals surface area contributed by atoms with Crippen LogP contribution in [0.5, 0.6) is 0 Å². The summed E-state index contributed by atoms with van der Waals surface area (Å²) in [5.41, 5.74) is 1.32. The van der Waals surface area contributed by atoms with Gasteiger partial charge in [-0.25, -0.2) is 0 Å². The summed E-state index contributed by atoms with van der Waals surface area (Å²) in [6.45, 7) is 0.722. The Morgan fingerprint density at radius 3 is 2.60 bits per heavy atom. The topological polar surface area (TPSA) is 103 Å². The second-order valence-corrected chi connectivity index (χ2v) is 5.59. The number of non-ortho nitro benzene ring substituents is 1. The van der Waals surface area contributed by atoms with E-state index in [2.05, 4.69) is 10.3 Å². The molecule has 1 fully saturated rings. The molecule has 1 N–H and O–H groups in total. The van der Waals surface area contributed by atoms with Crippen molar-refractivity contribution in [3.05, 3.63) is 63.7 Å². The van der Waals surface area contributed by atoms with Crippen LogP contribution in [0.1, 0.15) is 15.9 Å². The Kier molecular flexibility index (Phi) is 3.56. The van der Waals surface area contributed by atoms with Gasteiger partial charge in [0.2, 0.25) is 5.79 Å². The fraction of sp³-hybridized carbons (Fsp3) is 0.176. The number of rotatable bonds is 3. The summed E-state index contributed by atoms with van der Waals surface area (Å²) >= 11 is 0. The highest BCUT2D eigenvalue weighted by Crippen LogP contribution is 2.47. The summed E-state index contributed by atoms with van der Waals surface area (Å²) in [4.78, 5) is 27.4. The molecule has 0 aliphatic carbocycles. The van der Waals surface area contributed by atoms with Crippen molar-refractivity contribution < 1.29 is 19.2 Å². The molecule has 0 bridgehead atoms. The molecule has 0 saturated carbocycles. The molecule has 2 aromatic carbocycles. The number of anilines is 1. The first-order chi connectivity index (χ1) is 12.1. The van der Waals surface area contributed by atoms with Crippen molar-refractivity contribution >= 4 is 29.2 Å². The molecule has 0 aromatic heterocycles. The van der Waals surface area contributed by atoms with Gasteiger partial charge >= 0.3 is 0 Å². The number of ether oxygens (including phenoxy) is 2. The van der Waals surface area contributed by atoms with E-state index in [1.807, 2.05) is 0 Å². The van der Waals surface area contributed by atoms with Gasteiger partial charge in [0, 0.05) is 17.7 Å².